The van der Waals surface area contributed by atoms with Crippen molar-refractivity contribution < 1.29 is 130 Å². The number of benzene rings is 7. The van der Waals surface area contributed by atoms with Gasteiger partial charge >= 0.3 is 90.2 Å². The SMILES string of the molecule is CC(c1ccc2c(c1)C(=O)OC2=O)(c1ccc2c(c1)C(=O)OC2=O)C(F)(F)F.CC1(C(F)(F)F)c2cc3c(cc2Oc2cc4c(cc21)C(=O)OC4=O)C(=O)OC3=O.O=C1OC(=O)c2cc(C(c3ccccc3)(c3ccc4c(c3)C(=O)OC4=O)C(F)(F)F)ccc21. The van der Waals surface area contributed by atoms with Gasteiger partial charge in [0.1, 0.15) is 27.7 Å². The standard InChI is InChI=1S/C24H11F3O6.C19H7F3O7.C19H9F3O6/c25-24(26,27)23(12-4-2-1-3-5-12,13-6-8-15-17(10-13)21(30)32-19(15)28)14-7-9-16-18(11-14)22(31)33-20(16)29;1-18(19(20,21)22)10-2-6-8(16(25)28-14(6)23)4-12(10)27-13-5-9-7(3-11(13)18)15(24)29-17(9)26;1-18(19(20,21)22,8-2-4-10-12(6-8)16(25)27-14(10)23)9-3-5-11-13(7-9)17(26)28-15(11)24/h1-11H;2-5H,1H3;2-7H,1H3. The van der Waals surface area contributed by atoms with E-state index in [1.165, 1.54) is 24.3 Å². The molecule has 0 aliphatic carbocycles. The Morgan fingerprint density at radius 1 is 0.289 bits per heavy atom. The second kappa shape index (κ2) is 19.8. The zero-order chi connectivity index (χ0) is 64.9. The van der Waals surface area contributed by atoms with Crippen LogP contribution in [0.5, 0.6) is 11.5 Å². The van der Waals surface area contributed by atoms with Crippen LogP contribution in [0.25, 0.3) is 0 Å². The van der Waals surface area contributed by atoms with Crippen LogP contribution >= 0.6 is 0 Å². The molecule has 7 aliphatic rings. The molecule has 0 spiro atoms. The van der Waals surface area contributed by atoms with Crippen LogP contribution in [0.1, 0.15) is 177 Å². The number of carbonyl (C=O) groups excluding carboxylic acids is 12. The quantitative estimate of drug-likeness (QED) is 0.0509. The van der Waals surface area contributed by atoms with Crippen molar-refractivity contribution in [3.05, 3.63) is 233 Å². The second-order valence-corrected chi connectivity index (χ2v) is 20.9. The molecule has 452 valence electrons. The maximum absolute atomic E-state index is 15.1. The number of halogens is 9. The third kappa shape index (κ3) is 8.59. The molecule has 7 aromatic rings. The molecule has 7 heterocycles. The van der Waals surface area contributed by atoms with E-state index in [0.717, 1.165) is 111 Å². The second-order valence-electron chi connectivity index (χ2n) is 20.9. The first-order chi connectivity index (χ1) is 42.2. The molecule has 90 heavy (non-hydrogen) atoms. The number of rotatable bonds is 5. The van der Waals surface area contributed by atoms with Gasteiger partial charge in [0, 0.05) is 11.1 Å². The largest absolute Gasteiger partial charge is 0.457 e. The number of fused-ring (bicyclic) bond motifs is 8. The Labute approximate surface area is 493 Å². The van der Waals surface area contributed by atoms with Crippen LogP contribution in [-0.4, -0.2) is 90.2 Å². The molecule has 0 saturated heterocycles. The molecule has 0 N–H and O–H groups in total. The molecule has 7 aliphatic heterocycles. The van der Waals surface area contributed by atoms with Crippen molar-refractivity contribution in [3.8, 4) is 11.5 Å². The van der Waals surface area contributed by atoms with Crippen LogP contribution < -0.4 is 4.74 Å². The van der Waals surface area contributed by atoms with Crippen LogP contribution in [0.2, 0.25) is 0 Å². The lowest BCUT2D eigenvalue weighted by atomic mass is 9.68. The first-order valence-corrected chi connectivity index (χ1v) is 25.7. The Morgan fingerprint density at radius 3 is 0.844 bits per heavy atom. The summed E-state index contributed by atoms with van der Waals surface area (Å²) in [5, 5.41) is 0. The van der Waals surface area contributed by atoms with Crippen molar-refractivity contribution in [2.75, 3.05) is 0 Å². The van der Waals surface area contributed by atoms with Gasteiger partial charge in [0.25, 0.3) is 0 Å². The molecule has 0 saturated carbocycles. The van der Waals surface area contributed by atoms with Crippen molar-refractivity contribution in [2.24, 2.45) is 0 Å². The Balaban J connectivity index is 0.000000131. The van der Waals surface area contributed by atoms with Gasteiger partial charge in [0.05, 0.1) is 66.8 Å². The van der Waals surface area contributed by atoms with Crippen molar-refractivity contribution in [1.82, 2.24) is 0 Å². The lowest BCUT2D eigenvalue weighted by Gasteiger charge is -2.39. The summed E-state index contributed by atoms with van der Waals surface area (Å²) in [7, 11) is 0. The highest BCUT2D eigenvalue weighted by Crippen LogP contribution is 2.58. The van der Waals surface area contributed by atoms with E-state index in [-0.39, 0.29) is 106 Å². The number of carbonyl (C=O) groups is 12. The van der Waals surface area contributed by atoms with E-state index in [1.54, 1.807) is 6.07 Å². The van der Waals surface area contributed by atoms with E-state index < -0.39 is 118 Å². The molecule has 0 fully saturated rings. The highest BCUT2D eigenvalue weighted by molar-refractivity contribution is 6.18. The topological polar surface area (TPSA) is 269 Å². The van der Waals surface area contributed by atoms with Crippen molar-refractivity contribution in [2.45, 2.75) is 48.6 Å². The fraction of sp³-hybridized carbons (Fsp3) is 0.129. The maximum Gasteiger partial charge on any atom is 0.406 e. The van der Waals surface area contributed by atoms with Gasteiger partial charge in [0.15, 0.2) is 0 Å². The minimum Gasteiger partial charge on any atom is -0.457 e. The van der Waals surface area contributed by atoms with Gasteiger partial charge in [-0.3, -0.25) is 0 Å². The van der Waals surface area contributed by atoms with Crippen molar-refractivity contribution in [3.63, 3.8) is 0 Å². The fourth-order valence-corrected chi connectivity index (χ4v) is 11.3. The summed E-state index contributed by atoms with van der Waals surface area (Å²) in [6.45, 7) is 1.73. The summed E-state index contributed by atoms with van der Waals surface area (Å²) < 4.78 is 163. The normalized spacial score (nSPS) is 16.5. The molecular formula is C62H27F9O19. The van der Waals surface area contributed by atoms with Gasteiger partial charge in [-0.1, -0.05) is 54.6 Å². The van der Waals surface area contributed by atoms with Gasteiger partial charge < -0.3 is 33.2 Å². The number of hydrogen-bond acceptors (Lipinski definition) is 19. The molecule has 7 aromatic carbocycles. The van der Waals surface area contributed by atoms with Crippen molar-refractivity contribution >= 4 is 71.6 Å². The Hall–Kier alpha value is -11.5. The molecule has 28 heteroatoms. The molecule has 0 unspecified atom stereocenters. The number of cyclic esters (lactones) is 12. The lowest BCUT2D eigenvalue weighted by Crippen LogP contribution is -2.44. The van der Waals surface area contributed by atoms with E-state index in [9.17, 15) is 83.9 Å². The zero-order valence-corrected chi connectivity index (χ0v) is 44.8. The number of hydrogen-bond donors (Lipinski definition) is 0. The fourth-order valence-electron chi connectivity index (χ4n) is 11.3. The van der Waals surface area contributed by atoms with Crippen LogP contribution in [0.3, 0.4) is 0 Å². The zero-order valence-electron chi connectivity index (χ0n) is 44.8. The van der Waals surface area contributed by atoms with E-state index in [4.69, 9.17) is 4.74 Å². The van der Waals surface area contributed by atoms with Gasteiger partial charge in [-0.2, -0.15) is 39.5 Å². The molecule has 14 rings (SSSR count). The van der Waals surface area contributed by atoms with E-state index in [0.29, 0.717) is 0 Å². The van der Waals surface area contributed by atoms with E-state index in [1.807, 2.05) is 0 Å². The molecule has 0 amide bonds. The Morgan fingerprint density at radius 2 is 0.556 bits per heavy atom. The Kier molecular flexibility index (Phi) is 13.0. The Bertz CT molecular complexity index is 4360. The molecule has 0 radical (unpaired) electrons. The summed E-state index contributed by atoms with van der Waals surface area (Å²) in [4.78, 5) is 142. The highest BCUT2D eigenvalue weighted by Gasteiger charge is 2.61. The summed E-state index contributed by atoms with van der Waals surface area (Å²) >= 11 is 0. The van der Waals surface area contributed by atoms with Crippen LogP contribution in [0.15, 0.2) is 127 Å². The van der Waals surface area contributed by atoms with Crippen LogP contribution in [-0.2, 0) is 44.7 Å². The number of esters is 12. The van der Waals surface area contributed by atoms with Gasteiger partial charge in [-0.05, 0) is 114 Å². The molecule has 0 bridgehead atoms. The van der Waals surface area contributed by atoms with Crippen LogP contribution in [0, 0.1) is 0 Å². The summed E-state index contributed by atoms with van der Waals surface area (Å²) in [5.74, 6) is -12.7. The summed E-state index contributed by atoms with van der Waals surface area (Å²) in [5.41, 5.74) is -13.4. The lowest BCUT2D eigenvalue weighted by molar-refractivity contribution is -0.175. The summed E-state index contributed by atoms with van der Waals surface area (Å²) in [6, 6.07) is 23.3. The molecule has 0 aromatic heterocycles. The van der Waals surface area contributed by atoms with E-state index >= 15 is 13.2 Å². The first-order valence-electron chi connectivity index (χ1n) is 25.7. The monoisotopic (exact) mass is 1250 g/mol. The minimum absolute atomic E-state index is 0.124. The first kappa shape index (κ1) is 58.9. The highest BCUT2D eigenvalue weighted by atomic mass is 19.4. The van der Waals surface area contributed by atoms with Crippen molar-refractivity contribution in [1.29, 1.82) is 0 Å². The third-order valence-electron chi connectivity index (χ3n) is 16.2. The predicted octanol–water partition coefficient (Wildman–Crippen LogP) is 10.7. The average Bonchev–Trinajstić information content (AvgIpc) is 1.61. The number of ether oxygens (including phenoxy) is 7. The average molecular weight is 1250 g/mol. The predicted molar refractivity (Wildman–Crippen MR) is 275 cm³/mol. The minimum atomic E-state index is -4.98. The van der Waals surface area contributed by atoms with Gasteiger partial charge in [0.2, 0.25) is 0 Å². The number of alkyl halides is 9. The maximum atomic E-state index is 15.1. The van der Waals surface area contributed by atoms with Gasteiger partial charge in [-0.25, -0.2) is 57.5 Å². The smallest absolute Gasteiger partial charge is 0.406 e. The third-order valence-corrected chi connectivity index (χ3v) is 16.2. The molecule has 0 atom stereocenters. The van der Waals surface area contributed by atoms with E-state index in [2.05, 4.69) is 28.4 Å². The molecular weight excluding hydrogens is 1220 g/mol. The van der Waals surface area contributed by atoms with Gasteiger partial charge in [-0.15, -0.1) is 0 Å². The van der Waals surface area contributed by atoms with Crippen LogP contribution in [0.4, 0.5) is 39.5 Å². The molecule has 19 nitrogen and oxygen atoms in total. The summed E-state index contributed by atoms with van der Waals surface area (Å²) in [6.07, 6.45) is -14.7.